The predicted octanol–water partition coefficient (Wildman–Crippen LogP) is 3.86. The van der Waals surface area contributed by atoms with Crippen molar-refractivity contribution in [3.63, 3.8) is 0 Å². The van der Waals surface area contributed by atoms with Gasteiger partial charge in [0.2, 0.25) is 0 Å². The van der Waals surface area contributed by atoms with Crippen LogP contribution in [0.3, 0.4) is 0 Å². The molecule has 0 aromatic rings. The number of ether oxygens (including phenoxy) is 2. The van der Waals surface area contributed by atoms with Gasteiger partial charge in [0.15, 0.2) is 0 Å². The van der Waals surface area contributed by atoms with Gasteiger partial charge in [-0.3, -0.25) is 14.5 Å². The van der Waals surface area contributed by atoms with E-state index in [1.54, 1.807) is 0 Å². The molecule has 0 saturated heterocycles. The summed E-state index contributed by atoms with van der Waals surface area (Å²) in [4.78, 5) is 25.7. The molecule has 0 aliphatic carbocycles. The zero-order valence-electron chi connectivity index (χ0n) is 18.6. The molecule has 164 valence electrons. The summed E-state index contributed by atoms with van der Waals surface area (Å²) >= 11 is 0. The molecule has 0 atom stereocenters. The topological polar surface area (TPSA) is 76.1 Å². The largest absolute Gasteiger partial charge is 0.466 e. The molecule has 0 aromatic carbocycles. The number of rotatable bonds is 15. The van der Waals surface area contributed by atoms with E-state index in [1.165, 1.54) is 0 Å². The smallest absolute Gasteiger partial charge is 0.309 e. The minimum atomic E-state index is -0.223. The highest BCUT2D eigenvalue weighted by atomic mass is 16.5. The maximum Gasteiger partial charge on any atom is 0.309 e. The van der Waals surface area contributed by atoms with E-state index in [0.717, 1.165) is 31.4 Å². The zero-order valence-corrected chi connectivity index (χ0v) is 18.6. The highest BCUT2D eigenvalue weighted by Gasteiger charge is 2.21. The lowest BCUT2D eigenvalue weighted by molar-refractivity contribution is -0.146. The molecule has 6 nitrogen and oxygen atoms in total. The summed E-state index contributed by atoms with van der Waals surface area (Å²) in [6.45, 7) is 12.8. The third kappa shape index (κ3) is 15.6. The molecule has 0 bridgehead atoms. The van der Waals surface area contributed by atoms with Crippen LogP contribution in [0.1, 0.15) is 79.6 Å². The Hall–Kier alpha value is -1.40. The minimum Gasteiger partial charge on any atom is -0.466 e. The Morgan fingerprint density at radius 2 is 1.50 bits per heavy atom. The first kappa shape index (κ1) is 26.6. The van der Waals surface area contributed by atoms with Gasteiger partial charge in [-0.1, -0.05) is 11.6 Å². The number of hydrogen-bond donors (Lipinski definition) is 1. The maximum atomic E-state index is 12.0. The van der Waals surface area contributed by atoms with Crippen molar-refractivity contribution in [2.75, 3.05) is 32.9 Å². The molecule has 0 radical (unpaired) electrons. The molecule has 0 amide bonds. The first-order valence-electron chi connectivity index (χ1n) is 10.5. The Balaban J connectivity index is 3.88. The highest BCUT2D eigenvalue weighted by molar-refractivity contribution is 5.71. The summed E-state index contributed by atoms with van der Waals surface area (Å²) in [5.41, 5.74) is 1.09. The number of esters is 2. The van der Waals surface area contributed by atoms with Crippen molar-refractivity contribution in [2.45, 2.75) is 85.1 Å². The molecule has 0 saturated carbocycles. The van der Waals surface area contributed by atoms with Crippen LogP contribution < -0.4 is 0 Å². The van der Waals surface area contributed by atoms with Gasteiger partial charge in [0.05, 0.1) is 26.1 Å². The molecule has 1 N–H and O–H groups in total. The number of carbonyl (C=O) groups is 2. The molecule has 0 spiro atoms. The van der Waals surface area contributed by atoms with Crippen LogP contribution in [0.15, 0.2) is 11.6 Å². The lowest BCUT2D eigenvalue weighted by Gasteiger charge is -2.35. The first-order chi connectivity index (χ1) is 13.2. The molecule has 28 heavy (non-hydrogen) atoms. The number of allylic oxidation sites excluding steroid dienone is 1. The third-order valence-electron chi connectivity index (χ3n) is 4.36. The number of unbranched alkanes of at least 4 members (excludes halogenated alkanes) is 3. The van der Waals surface area contributed by atoms with Gasteiger partial charge < -0.3 is 14.6 Å². The second-order valence-electron chi connectivity index (χ2n) is 8.33. The summed E-state index contributed by atoms with van der Waals surface area (Å²) < 4.78 is 10.4. The molecule has 0 fully saturated rings. The maximum absolute atomic E-state index is 12.0. The van der Waals surface area contributed by atoms with Gasteiger partial charge in [-0.25, -0.2) is 0 Å². The van der Waals surface area contributed by atoms with Crippen LogP contribution in [-0.2, 0) is 19.1 Å². The van der Waals surface area contributed by atoms with Gasteiger partial charge in [-0.2, -0.15) is 0 Å². The van der Waals surface area contributed by atoms with Crippen LogP contribution in [-0.4, -0.2) is 60.4 Å². The predicted molar refractivity (Wildman–Crippen MR) is 112 cm³/mol. The van der Waals surface area contributed by atoms with Gasteiger partial charge in [-0.05, 0) is 73.3 Å². The third-order valence-corrected chi connectivity index (χ3v) is 4.36. The van der Waals surface area contributed by atoms with Crippen LogP contribution in [0.5, 0.6) is 0 Å². The fourth-order valence-electron chi connectivity index (χ4n) is 2.59. The Kier molecular flexibility index (Phi) is 14.7. The van der Waals surface area contributed by atoms with Crippen molar-refractivity contribution >= 4 is 11.9 Å². The van der Waals surface area contributed by atoms with E-state index < -0.39 is 0 Å². The van der Waals surface area contributed by atoms with Crippen molar-refractivity contribution in [3.05, 3.63) is 11.6 Å². The van der Waals surface area contributed by atoms with Crippen molar-refractivity contribution < 1.29 is 24.2 Å². The second-order valence-corrected chi connectivity index (χ2v) is 8.33. The van der Waals surface area contributed by atoms with Crippen LogP contribution in [0.2, 0.25) is 0 Å². The fraction of sp³-hybridized carbons (Fsp3) is 0.818. The van der Waals surface area contributed by atoms with E-state index in [9.17, 15) is 9.59 Å². The van der Waals surface area contributed by atoms with E-state index in [1.807, 2.05) is 19.9 Å². The quantitative estimate of drug-likeness (QED) is 0.256. The van der Waals surface area contributed by atoms with Gasteiger partial charge >= 0.3 is 11.9 Å². The van der Waals surface area contributed by atoms with E-state index in [0.29, 0.717) is 45.4 Å². The van der Waals surface area contributed by atoms with Crippen LogP contribution in [0, 0.1) is 0 Å². The molecule has 0 aliphatic heterocycles. The summed E-state index contributed by atoms with van der Waals surface area (Å²) in [6, 6.07) is 0. The molecular formula is C22H41NO5. The first-order valence-corrected chi connectivity index (χ1v) is 10.5. The molecule has 0 aromatic heterocycles. The molecule has 0 rings (SSSR count). The number of hydrogen-bond acceptors (Lipinski definition) is 6. The Morgan fingerprint density at radius 3 is 2.04 bits per heavy atom. The second kappa shape index (κ2) is 15.5. The summed E-state index contributed by atoms with van der Waals surface area (Å²) in [6.07, 6.45) is 6.72. The number of aliphatic hydroxyl groups excluding tert-OH is 1. The van der Waals surface area contributed by atoms with Crippen LogP contribution >= 0.6 is 0 Å². The van der Waals surface area contributed by atoms with E-state index >= 15 is 0 Å². The van der Waals surface area contributed by atoms with Crippen LogP contribution in [0.4, 0.5) is 0 Å². The molecule has 6 heteroatoms. The lowest BCUT2D eigenvalue weighted by atomic mass is 10.0. The van der Waals surface area contributed by atoms with Crippen LogP contribution in [0.25, 0.3) is 0 Å². The van der Waals surface area contributed by atoms with Gasteiger partial charge in [0.1, 0.15) is 0 Å². The van der Waals surface area contributed by atoms with E-state index in [-0.39, 0.29) is 24.1 Å². The zero-order chi connectivity index (χ0) is 21.4. The minimum absolute atomic E-state index is 0.00508. The SMILES string of the molecule is CC(C)=CCC(=O)OCCCCOC(=O)CCN(CCCCCO)C(C)(C)C. The van der Waals surface area contributed by atoms with Gasteiger partial charge in [-0.15, -0.1) is 0 Å². The van der Waals surface area contributed by atoms with Crippen molar-refractivity contribution in [1.82, 2.24) is 4.90 Å². The van der Waals surface area contributed by atoms with Gasteiger partial charge in [0, 0.05) is 18.7 Å². The normalized spacial score (nSPS) is 11.4. The Labute approximate surface area is 171 Å². The number of nitrogens with zero attached hydrogens (tertiary/aromatic N) is 1. The average molecular weight is 400 g/mol. The summed E-state index contributed by atoms with van der Waals surface area (Å²) in [5.74, 6) is -0.412. The molecule has 0 heterocycles. The number of aliphatic hydroxyl groups is 1. The highest BCUT2D eigenvalue weighted by Crippen LogP contribution is 2.15. The summed E-state index contributed by atoms with van der Waals surface area (Å²) in [7, 11) is 0. The lowest BCUT2D eigenvalue weighted by Crippen LogP contribution is -2.43. The standard InChI is InChI=1S/C22H41NO5/c1-19(2)11-12-20(25)27-17-9-10-18-28-21(26)13-15-23(22(3,4)5)14-7-6-8-16-24/h11,24H,6-10,12-18H2,1-5H3. The van der Waals surface area contributed by atoms with Crippen molar-refractivity contribution in [1.29, 1.82) is 0 Å². The monoisotopic (exact) mass is 399 g/mol. The van der Waals surface area contributed by atoms with E-state index in [2.05, 4.69) is 25.7 Å². The molecule has 0 aliphatic rings. The number of carbonyl (C=O) groups excluding carboxylic acids is 2. The molecule has 0 unspecified atom stereocenters. The Bertz CT molecular complexity index is 464. The average Bonchev–Trinajstić information content (AvgIpc) is 2.61. The molecular weight excluding hydrogens is 358 g/mol. The van der Waals surface area contributed by atoms with Crippen molar-refractivity contribution in [2.24, 2.45) is 0 Å². The van der Waals surface area contributed by atoms with E-state index in [4.69, 9.17) is 14.6 Å². The fourth-order valence-corrected chi connectivity index (χ4v) is 2.59. The van der Waals surface area contributed by atoms with Crippen molar-refractivity contribution in [3.8, 4) is 0 Å². The van der Waals surface area contributed by atoms with Gasteiger partial charge in [0.25, 0.3) is 0 Å². The summed E-state index contributed by atoms with van der Waals surface area (Å²) in [5, 5.41) is 8.87. The Morgan fingerprint density at radius 1 is 0.893 bits per heavy atom.